The van der Waals surface area contributed by atoms with Gasteiger partial charge in [0.2, 0.25) is 0 Å². The molecular formula is C26H35ClN2O3. The second kappa shape index (κ2) is 14.5. The van der Waals surface area contributed by atoms with Crippen LogP contribution in [0.15, 0.2) is 47.6 Å². The van der Waals surface area contributed by atoms with E-state index < -0.39 is 6.09 Å². The average molecular weight is 459 g/mol. The molecule has 2 aromatic carbocycles. The summed E-state index contributed by atoms with van der Waals surface area (Å²) in [4.78, 5) is 17.3. The number of rotatable bonds is 13. The lowest BCUT2D eigenvalue weighted by atomic mass is 10.00. The highest BCUT2D eigenvalue weighted by molar-refractivity contribution is 6.30. The van der Waals surface area contributed by atoms with E-state index in [1.54, 1.807) is 30.3 Å². The smallest absolute Gasteiger partial charge is 0.437 e. The molecule has 0 aromatic heterocycles. The Labute approximate surface area is 196 Å². The maximum absolute atomic E-state index is 12.2. The molecule has 5 nitrogen and oxygen atoms in total. The molecule has 0 radical (unpaired) electrons. The summed E-state index contributed by atoms with van der Waals surface area (Å²) in [5, 5.41) is 17.5. The van der Waals surface area contributed by atoms with Gasteiger partial charge in [0.1, 0.15) is 5.75 Å². The Kier molecular flexibility index (Phi) is 11.7. The van der Waals surface area contributed by atoms with E-state index >= 15 is 0 Å². The van der Waals surface area contributed by atoms with E-state index in [1.165, 1.54) is 44.9 Å². The van der Waals surface area contributed by atoms with Gasteiger partial charge in [0.05, 0.1) is 5.71 Å². The van der Waals surface area contributed by atoms with Crippen LogP contribution < -0.4 is 5.32 Å². The molecule has 2 aromatic rings. The number of nitrogens with zero attached hydrogens (tertiary/aromatic N) is 1. The normalized spacial score (nSPS) is 11.4. The quantitative estimate of drug-likeness (QED) is 0.137. The minimum absolute atomic E-state index is 0.129. The Morgan fingerprint density at radius 2 is 1.69 bits per heavy atom. The topological polar surface area (TPSA) is 70.9 Å². The van der Waals surface area contributed by atoms with Crippen LogP contribution in [0, 0.1) is 6.92 Å². The van der Waals surface area contributed by atoms with E-state index in [0.717, 1.165) is 18.4 Å². The van der Waals surface area contributed by atoms with Gasteiger partial charge in [0.15, 0.2) is 0 Å². The third-order valence-electron chi connectivity index (χ3n) is 5.29. The van der Waals surface area contributed by atoms with Crippen LogP contribution >= 0.6 is 11.6 Å². The summed E-state index contributed by atoms with van der Waals surface area (Å²) in [7, 11) is 0. The number of unbranched alkanes of at least 4 members (excludes halogenated alkanes) is 8. The number of benzene rings is 2. The van der Waals surface area contributed by atoms with Crippen LogP contribution in [0.2, 0.25) is 5.02 Å². The van der Waals surface area contributed by atoms with Crippen molar-refractivity contribution < 1.29 is 14.7 Å². The molecule has 2 N–H and O–H groups in total. The van der Waals surface area contributed by atoms with Crippen LogP contribution in [0.1, 0.15) is 82.3 Å². The van der Waals surface area contributed by atoms with E-state index in [2.05, 4.69) is 17.4 Å². The summed E-state index contributed by atoms with van der Waals surface area (Å²) in [5.41, 5.74) is 2.69. The van der Waals surface area contributed by atoms with Crippen LogP contribution in [-0.2, 0) is 4.84 Å². The van der Waals surface area contributed by atoms with Crippen molar-refractivity contribution in [2.45, 2.75) is 78.1 Å². The van der Waals surface area contributed by atoms with Crippen molar-refractivity contribution in [1.29, 1.82) is 0 Å². The van der Waals surface area contributed by atoms with Gasteiger partial charge in [-0.2, -0.15) is 0 Å². The summed E-state index contributed by atoms with van der Waals surface area (Å²) < 4.78 is 0. The molecule has 0 aliphatic carbocycles. The molecule has 0 aliphatic heterocycles. The Hall–Kier alpha value is -2.53. The Morgan fingerprint density at radius 1 is 1.00 bits per heavy atom. The molecule has 32 heavy (non-hydrogen) atoms. The molecule has 0 unspecified atom stereocenters. The van der Waals surface area contributed by atoms with Gasteiger partial charge in [-0.3, -0.25) is 10.2 Å². The number of phenolic OH excluding ortho intramolecular Hbond substituents is 1. The molecule has 0 heterocycles. The zero-order chi connectivity index (χ0) is 23.2. The van der Waals surface area contributed by atoms with Gasteiger partial charge < -0.3 is 5.11 Å². The van der Waals surface area contributed by atoms with Gasteiger partial charge in [0, 0.05) is 16.3 Å². The van der Waals surface area contributed by atoms with Crippen molar-refractivity contribution in [3.8, 4) is 5.75 Å². The van der Waals surface area contributed by atoms with E-state index in [0.29, 0.717) is 28.4 Å². The number of aryl methyl sites for hydroxylation is 1. The minimum Gasteiger partial charge on any atom is -0.507 e. The fourth-order valence-electron chi connectivity index (χ4n) is 3.52. The highest BCUT2D eigenvalue weighted by Crippen LogP contribution is 2.23. The molecule has 0 spiro atoms. The van der Waals surface area contributed by atoms with Gasteiger partial charge in [-0.15, -0.1) is 0 Å². The van der Waals surface area contributed by atoms with Crippen LogP contribution in [0.5, 0.6) is 5.75 Å². The van der Waals surface area contributed by atoms with Crippen LogP contribution in [0.25, 0.3) is 0 Å². The molecule has 0 fully saturated rings. The van der Waals surface area contributed by atoms with Crippen molar-refractivity contribution in [1.82, 2.24) is 0 Å². The van der Waals surface area contributed by atoms with E-state index in [-0.39, 0.29) is 5.75 Å². The van der Waals surface area contributed by atoms with Crippen molar-refractivity contribution in [2.75, 3.05) is 5.32 Å². The zero-order valence-corrected chi connectivity index (χ0v) is 20.0. The first kappa shape index (κ1) is 25.7. The third kappa shape index (κ3) is 9.73. The lowest BCUT2D eigenvalue weighted by molar-refractivity contribution is 0.166. The highest BCUT2D eigenvalue weighted by atomic mass is 35.5. The standard InChI is InChI=1S/C26H35ClN2O3/c1-3-4-5-6-7-8-9-10-11-15-24(23-18-20(2)16-17-25(23)30)29-32-26(31)28-22-14-12-13-21(27)19-22/h12-14,16-19,30H,3-11,15H2,1-2H3,(H,28,31)/b29-24+. The lowest BCUT2D eigenvalue weighted by Gasteiger charge is -2.10. The van der Waals surface area contributed by atoms with Gasteiger partial charge >= 0.3 is 6.09 Å². The number of aromatic hydroxyl groups is 1. The lowest BCUT2D eigenvalue weighted by Crippen LogP contribution is -2.13. The number of hydrogen-bond acceptors (Lipinski definition) is 4. The molecule has 0 bridgehead atoms. The first-order valence-corrected chi connectivity index (χ1v) is 12.0. The van der Waals surface area contributed by atoms with Crippen LogP contribution in [-0.4, -0.2) is 16.9 Å². The average Bonchev–Trinajstić information content (AvgIpc) is 2.76. The van der Waals surface area contributed by atoms with E-state index in [4.69, 9.17) is 16.4 Å². The molecule has 0 saturated heterocycles. The fraction of sp³-hybridized carbons (Fsp3) is 0.462. The van der Waals surface area contributed by atoms with Gasteiger partial charge in [-0.25, -0.2) is 4.79 Å². The molecule has 6 heteroatoms. The molecular weight excluding hydrogens is 424 g/mol. The summed E-state index contributed by atoms with van der Waals surface area (Å²) in [6, 6.07) is 12.1. The SMILES string of the molecule is CCCCCCCCCCC/C(=N\OC(=O)Nc1cccc(Cl)c1)c1cc(C)ccc1O. The number of carbonyl (C=O) groups excluding carboxylic acids is 1. The Morgan fingerprint density at radius 3 is 2.38 bits per heavy atom. The number of halogens is 1. The highest BCUT2D eigenvalue weighted by Gasteiger charge is 2.12. The predicted molar refractivity (Wildman–Crippen MR) is 133 cm³/mol. The fourth-order valence-corrected chi connectivity index (χ4v) is 3.71. The Bertz CT molecular complexity index is 883. The second-order valence-corrected chi connectivity index (χ2v) is 8.59. The summed E-state index contributed by atoms with van der Waals surface area (Å²) in [5.74, 6) is 0.129. The number of phenols is 1. The minimum atomic E-state index is -0.705. The maximum atomic E-state index is 12.2. The van der Waals surface area contributed by atoms with Crippen LogP contribution in [0.3, 0.4) is 0 Å². The molecule has 174 valence electrons. The summed E-state index contributed by atoms with van der Waals surface area (Å²) in [6.07, 6.45) is 10.8. The summed E-state index contributed by atoms with van der Waals surface area (Å²) >= 11 is 5.95. The zero-order valence-electron chi connectivity index (χ0n) is 19.2. The first-order valence-electron chi connectivity index (χ1n) is 11.6. The van der Waals surface area contributed by atoms with Gasteiger partial charge in [-0.05, 0) is 50.1 Å². The van der Waals surface area contributed by atoms with Crippen molar-refractivity contribution in [3.05, 3.63) is 58.6 Å². The molecule has 0 aliphatic rings. The monoisotopic (exact) mass is 458 g/mol. The number of carbonyl (C=O) groups is 1. The molecule has 1 amide bonds. The predicted octanol–water partition coefficient (Wildman–Crippen LogP) is 8.23. The molecule has 0 saturated carbocycles. The van der Waals surface area contributed by atoms with Crippen molar-refractivity contribution >= 4 is 29.1 Å². The molecule has 2 rings (SSSR count). The Balaban J connectivity index is 1.92. The number of nitrogens with one attached hydrogen (secondary N) is 1. The maximum Gasteiger partial charge on any atom is 0.437 e. The largest absolute Gasteiger partial charge is 0.507 e. The number of hydrogen-bond donors (Lipinski definition) is 2. The third-order valence-corrected chi connectivity index (χ3v) is 5.52. The number of amides is 1. The van der Waals surface area contributed by atoms with E-state index in [1.807, 2.05) is 19.1 Å². The summed E-state index contributed by atoms with van der Waals surface area (Å²) in [6.45, 7) is 4.18. The first-order chi connectivity index (χ1) is 15.5. The number of anilines is 1. The van der Waals surface area contributed by atoms with Gasteiger partial charge in [-0.1, -0.05) is 92.7 Å². The molecule has 0 atom stereocenters. The van der Waals surface area contributed by atoms with Crippen LogP contribution in [0.4, 0.5) is 10.5 Å². The van der Waals surface area contributed by atoms with Crippen molar-refractivity contribution in [3.63, 3.8) is 0 Å². The number of oxime groups is 1. The van der Waals surface area contributed by atoms with Crippen molar-refractivity contribution in [2.24, 2.45) is 5.16 Å². The van der Waals surface area contributed by atoms with E-state index in [9.17, 15) is 9.90 Å². The second-order valence-electron chi connectivity index (χ2n) is 8.15. The van der Waals surface area contributed by atoms with Gasteiger partial charge in [0.25, 0.3) is 0 Å².